The molecule has 1 unspecified atom stereocenters. The minimum atomic E-state index is -2.51. The molecule has 0 aliphatic carbocycles. The van der Waals surface area contributed by atoms with Crippen molar-refractivity contribution in [3.8, 4) is 0 Å². The molecule has 6 nitrogen and oxygen atoms in total. The number of fused-ring (bicyclic) bond motifs is 1. The molecule has 2 aromatic carbocycles. The molecular weight excluding hydrogens is 484 g/mol. The largest absolute Gasteiger partial charge is 0.543 e. The minimum Gasteiger partial charge on any atom is -0.543 e. The standard InChI is InChI=1S/C27H33F2NO5Si/c1-26(2,3)34-25(33)30-20(16-9-11-17(28)12-10-16)15-22(35-36(7,8)27(4,5)6)23-19(24(31)32)13-18(29)14-21(23)30/h9-15,20H,1-8H3,(H,31,32). The fraction of sp³-hybridized carbons (Fsp3) is 0.407. The summed E-state index contributed by atoms with van der Waals surface area (Å²) in [6, 6.07) is 6.69. The molecule has 0 radical (unpaired) electrons. The first-order valence-electron chi connectivity index (χ1n) is 11.7. The number of halogens is 2. The number of nitrogens with zero attached hydrogens (tertiary/aromatic N) is 1. The summed E-state index contributed by atoms with van der Waals surface area (Å²) in [4.78, 5) is 26.9. The van der Waals surface area contributed by atoms with Crippen LogP contribution in [0.3, 0.4) is 0 Å². The van der Waals surface area contributed by atoms with Gasteiger partial charge in [-0.2, -0.15) is 0 Å². The third-order valence-electron chi connectivity index (χ3n) is 6.38. The van der Waals surface area contributed by atoms with Crippen LogP contribution in [0.2, 0.25) is 18.1 Å². The second kappa shape index (κ2) is 9.35. The van der Waals surface area contributed by atoms with Gasteiger partial charge in [0.2, 0.25) is 8.32 Å². The molecule has 0 bridgehead atoms. The maximum atomic E-state index is 14.8. The topological polar surface area (TPSA) is 76.1 Å². The Kier molecular flexibility index (Phi) is 7.11. The number of carboxylic acids is 1. The van der Waals surface area contributed by atoms with Crippen molar-refractivity contribution in [1.82, 2.24) is 0 Å². The van der Waals surface area contributed by atoms with E-state index < -0.39 is 43.7 Å². The smallest absolute Gasteiger partial charge is 0.415 e. The zero-order valence-electron chi connectivity index (χ0n) is 21.9. The van der Waals surface area contributed by atoms with Crippen LogP contribution in [0, 0.1) is 11.6 Å². The van der Waals surface area contributed by atoms with Crippen LogP contribution in [0.25, 0.3) is 5.76 Å². The Morgan fingerprint density at radius 1 is 0.972 bits per heavy atom. The molecular formula is C27H33F2NO5Si. The molecule has 0 saturated heterocycles. The van der Waals surface area contributed by atoms with Gasteiger partial charge in [0.15, 0.2) is 0 Å². The molecule has 1 heterocycles. The number of anilines is 1. The number of ether oxygens (including phenoxy) is 1. The van der Waals surface area contributed by atoms with E-state index in [1.54, 1.807) is 26.8 Å². The van der Waals surface area contributed by atoms with E-state index in [1.165, 1.54) is 29.2 Å². The number of rotatable bonds is 4. The Labute approximate surface area is 211 Å². The van der Waals surface area contributed by atoms with Crippen LogP contribution in [0.4, 0.5) is 19.3 Å². The SMILES string of the molecule is CC(C)(C)OC(=O)N1c2cc(F)cc(C(=O)O)c2C(O[Si](C)(C)C(C)(C)C)=CC1c1ccc(F)cc1. The summed E-state index contributed by atoms with van der Waals surface area (Å²) in [6.07, 6.45) is 0.826. The first kappa shape index (κ1) is 27.4. The minimum absolute atomic E-state index is 0.00665. The van der Waals surface area contributed by atoms with Gasteiger partial charge in [0, 0.05) is 0 Å². The van der Waals surface area contributed by atoms with Gasteiger partial charge in [-0.3, -0.25) is 4.90 Å². The van der Waals surface area contributed by atoms with E-state index in [0.29, 0.717) is 5.56 Å². The summed E-state index contributed by atoms with van der Waals surface area (Å²) in [5.74, 6) is -2.41. The summed E-state index contributed by atoms with van der Waals surface area (Å²) < 4.78 is 40.7. The van der Waals surface area contributed by atoms with Crippen LogP contribution in [-0.2, 0) is 9.16 Å². The number of aromatic carboxylic acids is 1. The molecule has 1 atom stereocenters. The lowest BCUT2D eigenvalue weighted by atomic mass is 9.93. The molecule has 9 heteroatoms. The Bertz CT molecular complexity index is 1210. The van der Waals surface area contributed by atoms with E-state index in [0.717, 1.165) is 12.1 Å². The number of amides is 1. The van der Waals surface area contributed by atoms with Crippen LogP contribution in [0.5, 0.6) is 0 Å². The summed E-state index contributed by atoms with van der Waals surface area (Å²) in [5, 5.41) is 9.72. The molecule has 0 saturated carbocycles. The first-order valence-corrected chi connectivity index (χ1v) is 14.6. The second-order valence-corrected chi connectivity index (χ2v) is 16.1. The quantitative estimate of drug-likeness (QED) is 0.425. The maximum Gasteiger partial charge on any atom is 0.415 e. The van der Waals surface area contributed by atoms with Gasteiger partial charge in [-0.25, -0.2) is 18.4 Å². The van der Waals surface area contributed by atoms with Crippen LogP contribution < -0.4 is 4.90 Å². The zero-order chi connectivity index (χ0) is 27.2. The van der Waals surface area contributed by atoms with Gasteiger partial charge in [0.1, 0.15) is 23.0 Å². The Morgan fingerprint density at radius 3 is 2.06 bits per heavy atom. The highest BCUT2D eigenvalue weighted by Gasteiger charge is 2.43. The lowest BCUT2D eigenvalue weighted by Gasteiger charge is -2.42. The molecule has 3 rings (SSSR count). The van der Waals surface area contributed by atoms with Crippen molar-refractivity contribution in [2.24, 2.45) is 0 Å². The van der Waals surface area contributed by atoms with Crippen LogP contribution in [0.1, 0.15) is 69.1 Å². The average molecular weight is 518 g/mol. The van der Waals surface area contributed by atoms with Gasteiger partial charge >= 0.3 is 12.1 Å². The Hall–Kier alpha value is -3.20. The molecule has 36 heavy (non-hydrogen) atoms. The summed E-state index contributed by atoms with van der Waals surface area (Å²) in [7, 11) is -2.51. The molecule has 1 aliphatic rings. The maximum absolute atomic E-state index is 14.8. The number of hydrogen-bond acceptors (Lipinski definition) is 4. The van der Waals surface area contributed by atoms with E-state index in [9.17, 15) is 23.5 Å². The Balaban J connectivity index is 2.35. The number of carboxylic acid groups (broad SMARTS) is 1. The zero-order valence-corrected chi connectivity index (χ0v) is 22.9. The Morgan fingerprint density at radius 2 is 1.56 bits per heavy atom. The van der Waals surface area contributed by atoms with Gasteiger partial charge in [0.25, 0.3) is 0 Å². The van der Waals surface area contributed by atoms with Crippen molar-refractivity contribution in [3.05, 3.63) is 70.8 Å². The third kappa shape index (κ3) is 5.61. The fourth-order valence-corrected chi connectivity index (χ4v) is 4.63. The molecule has 0 spiro atoms. The van der Waals surface area contributed by atoms with Crippen LogP contribution >= 0.6 is 0 Å². The van der Waals surface area contributed by atoms with Crippen molar-refractivity contribution in [2.75, 3.05) is 4.90 Å². The first-order chi connectivity index (χ1) is 16.4. The predicted molar refractivity (Wildman–Crippen MR) is 137 cm³/mol. The molecule has 0 fully saturated rings. The van der Waals surface area contributed by atoms with Crippen LogP contribution in [0.15, 0.2) is 42.5 Å². The molecule has 1 aliphatic heterocycles. The van der Waals surface area contributed by atoms with E-state index in [2.05, 4.69) is 0 Å². The fourth-order valence-electron chi connectivity index (χ4n) is 3.60. The number of carbonyl (C=O) groups excluding carboxylic acids is 1. The van der Waals surface area contributed by atoms with Gasteiger partial charge in [-0.15, -0.1) is 0 Å². The van der Waals surface area contributed by atoms with E-state index >= 15 is 0 Å². The molecule has 194 valence electrons. The lowest BCUT2D eigenvalue weighted by Crippen LogP contribution is -2.43. The number of hydrogen-bond donors (Lipinski definition) is 1. The van der Waals surface area contributed by atoms with E-state index in [-0.39, 0.29) is 27.6 Å². The van der Waals surface area contributed by atoms with Crippen molar-refractivity contribution in [2.45, 2.75) is 71.3 Å². The van der Waals surface area contributed by atoms with Crippen molar-refractivity contribution < 1.29 is 32.6 Å². The number of benzene rings is 2. The van der Waals surface area contributed by atoms with E-state index in [4.69, 9.17) is 9.16 Å². The second-order valence-electron chi connectivity index (χ2n) is 11.4. The predicted octanol–water partition coefficient (Wildman–Crippen LogP) is 7.52. The normalized spacial score (nSPS) is 16.2. The molecule has 1 amide bonds. The van der Waals surface area contributed by atoms with Crippen molar-refractivity contribution in [3.63, 3.8) is 0 Å². The molecule has 2 aromatic rings. The monoisotopic (exact) mass is 517 g/mol. The third-order valence-corrected chi connectivity index (χ3v) is 10.7. The van der Waals surface area contributed by atoms with Crippen LogP contribution in [-0.4, -0.2) is 31.1 Å². The molecule has 1 N–H and O–H groups in total. The van der Waals surface area contributed by atoms with E-state index in [1.807, 2.05) is 33.9 Å². The van der Waals surface area contributed by atoms with Gasteiger partial charge < -0.3 is 14.3 Å². The van der Waals surface area contributed by atoms with Crippen molar-refractivity contribution >= 4 is 31.8 Å². The summed E-state index contributed by atoms with van der Waals surface area (Å²) in [5.41, 5.74) is -0.591. The van der Waals surface area contributed by atoms with Gasteiger partial charge in [-0.05, 0) is 74.8 Å². The highest BCUT2D eigenvalue weighted by Crippen LogP contribution is 2.47. The molecule has 0 aromatic heterocycles. The summed E-state index contributed by atoms with van der Waals surface area (Å²) in [6.45, 7) is 15.2. The highest BCUT2D eigenvalue weighted by molar-refractivity contribution is 6.74. The number of carbonyl (C=O) groups is 2. The van der Waals surface area contributed by atoms with Gasteiger partial charge in [-0.1, -0.05) is 32.9 Å². The summed E-state index contributed by atoms with van der Waals surface area (Å²) >= 11 is 0. The highest BCUT2D eigenvalue weighted by atomic mass is 28.4. The average Bonchev–Trinajstić information content (AvgIpc) is 2.70. The van der Waals surface area contributed by atoms with Crippen molar-refractivity contribution in [1.29, 1.82) is 0 Å². The van der Waals surface area contributed by atoms with Gasteiger partial charge in [0.05, 0.1) is 22.9 Å². The lowest BCUT2D eigenvalue weighted by molar-refractivity contribution is 0.0568.